The van der Waals surface area contributed by atoms with Crippen molar-refractivity contribution in [1.82, 2.24) is 0 Å². The van der Waals surface area contributed by atoms with Crippen molar-refractivity contribution in [2.45, 2.75) is 19.3 Å². The zero-order chi connectivity index (χ0) is 11.4. The topological polar surface area (TPSA) is 0 Å². The van der Waals surface area contributed by atoms with Crippen LogP contribution in [0, 0.1) is 0 Å². The van der Waals surface area contributed by atoms with Crippen LogP contribution in [0.4, 0.5) is 0 Å². The summed E-state index contributed by atoms with van der Waals surface area (Å²) in [5.74, 6) is 0.666. The summed E-state index contributed by atoms with van der Waals surface area (Å²) in [7, 11) is 0. The summed E-state index contributed by atoms with van der Waals surface area (Å²) in [6.45, 7) is 2.34. The lowest BCUT2D eigenvalue weighted by Crippen LogP contribution is -1.87. The van der Waals surface area contributed by atoms with E-state index in [9.17, 15) is 0 Å². The standard InChI is InChI=1S/C17H14/c1-11-9-16-15-7-3-2-5-12(15)10-13-6-4-8-14(11)17(13)16/h2-8,10-11H,9H2,1H3. The average molecular weight is 218 g/mol. The van der Waals surface area contributed by atoms with E-state index in [1.165, 1.54) is 33.5 Å². The van der Waals surface area contributed by atoms with E-state index in [4.69, 9.17) is 0 Å². The van der Waals surface area contributed by atoms with Crippen LogP contribution < -0.4 is 0 Å². The number of hydrogen-bond donors (Lipinski definition) is 0. The first-order chi connectivity index (χ1) is 8.34. The SMILES string of the molecule is CC1Cc2c3ccccc3cc3cccc1c23. The van der Waals surface area contributed by atoms with E-state index in [0.717, 1.165) is 0 Å². The molecule has 0 fully saturated rings. The molecule has 3 aromatic rings. The van der Waals surface area contributed by atoms with Crippen molar-refractivity contribution in [3.05, 3.63) is 59.7 Å². The largest absolute Gasteiger partial charge is 0.0616 e. The Hall–Kier alpha value is -1.82. The van der Waals surface area contributed by atoms with E-state index < -0.39 is 0 Å². The third-order valence-electron chi connectivity index (χ3n) is 4.07. The lowest BCUT2D eigenvalue weighted by Gasteiger charge is -2.06. The van der Waals surface area contributed by atoms with Gasteiger partial charge in [-0.15, -0.1) is 0 Å². The Kier molecular flexibility index (Phi) is 1.69. The quantitative estimate of drug-likeness (QED) is 0.482. The summed E-state index contributed by atoms with van der Waals surface area (Å²) in [6, 6.07) is 17.8. The van der Waals surface area contributed by atoms with E-state index in [-0.39, 0.29) is 0 Å². The molecule has 1 atom stereocenters. The molecular formula is C17H14. The molecule has 0 heterocycles. The molecular weight excluding hydrogens is 204 g/mol. The summed E-state index contributed by atoms with van der Waals surface area (Å²) in [4.78, 5) is 0. The van der Waals surface area contributed by atoms with Gasteiger partial charge in [0.15, 0.2) is 0 Å². The van der Waals surface area contributed by atoms with Crippen molar-refractivity contribution in [2.75, 3.05) is 0 Å². The highest BCUT2D eigenvalue weighted by Gasteiger charge is 2.22. The molecule has 0 saturated carbocycles. The van der Waals surface area contributed by atoms with E-state index in [1.807, 2.05) is 0 Å². The monoisotopic (exact) mass is 218 g/mol. The maximum atomic E-state index is 2.34. The van der Waals surface area contributed by atoms with Crippen molar-refractivity contribution in [3.8, 4) is 0 Å². The molecule has 1 aliphatic carbocycles. The lowest BCUT2D eigenvalue weighted by atomic mass is 9.98. The number of hydrogen-bond acceptors (Lipinski definition) is 0. The van der Waals surface area contributed by atoms with Crippen LogP contribution in [0.25, 0.3) is 21.5 Å². The second-order valence-electron chi connectivity index (χ2n) is 5.13. The van der Waals surface area contributed by atoms with Crippen LogP contribution >= 0.6 is 0 Å². The van der Waals surface area contributed by atoms with Gasteiger partial charge >= 0.3 is 0 Å². The second-order valence-corrected chi connectivity index (χ2v) is 5.13. The van der Waals surface area contributed by atoms with Gasteiger partial charge in [0.1, 0.15) is 0 Å². The molecule has 0 spiro atoms. The van der Waals surface area contributed by atoms with E-state index in [2.05, 4.69) is 55.5 Å². The number of benzene rings is 3. The lowest BCUT2D eigenvalue weighted by molar-refractivity contribution is 0.801. The van der Waals surface area contributed by atoms with Gasteiger partial charge in [-0.3, -0.25) is 0 Å². The van der Waals surface area contributed by atoms with E-state index in [1.54, 1.807) is 5.56 Å². The van der Waals surface area contributed by atoms with Crippen molar-refractivity contribution in [1.29, 1.82) is 0 Å². The third kappa shape index (κ3) is 1.13. The third-order valence-corrected chi connectivity index (χ3v) is 4.07. The summed E-state index contributed by atoms with van der Waals surface area (Å²) in [6.07, 6.45) is 1.19. The van der Waals surface area contributed by atoms with Crippen LogP contribution in [0.1, 0.15) is 24.0 Å². The Morgan fingerprint density at radius 2 is 1.76 bits per heavy atom. The molecule has 0 radical (unpaired) electrons. The van der Waals surface area contributed by atoms with Crippen molar-refractivity contribution < 1.29 is 0 Å². The Balaban J connectivity index is 2.29. The Morgan fingerprint density at radius 1 is 0.941 bits per heavy atom. The van der Waals surface area contributed by atoms with Crippen LogP contribution in [0.5, 0.6) is 0 Å². The molecule has 1 unspecified atom stereocenters. The zero-order valence-corrected chi connectivity index (χ0v) is 9.90. The number of rotatable bonds is 0. The molecule has 82 valence electrons. The van der Waals surface area contributed by atoms with Gasteiger partial charge in [-0.2, -0.15) is 0 Å². The van der Waals surface area contributed by atoms with Crippen molar-refractivity contribution in [2.24, 2.45) is 0 Å². The van der Waals surface area contributed by atoms with Gasteiger partial charge in [0.25, 0.3) is 0 Å². The smallest absolute Gasteiger partial charge is 0.0110 e. The Morgan fingerprint density at radius 3 is 2.71 bits per heavy atom. The first-order valence-electron chi connectivity index (χ1n) is 6.28. The molecule has 0 N–H and O–H groups in total. The minimum Gasteiger partial charge on any atom is -0.0616 e. The maximum absolute atomic E-state index is 2.34. The minimum absolute atomic E-state index is 0.666. The Labute approximate surface area is 101 Å². The van der Waals surface area contributed by atoms with E-state index >= 15 is 0 Å². The molecule has 0 nitrogen and oxygen atoms in total. The zero-order valence-electron chi connectivity index (χ0n) is 9.90. The molecule has 4 rings (SSSR count). The highest BCUT2D eigenvalue weighted by molar-refractivity contribution is 6.05. The van der Waals surface area contributed by atoms with Crippen LogP contribution in [0.2, 0.25) is 0 Å². The van der Waals surface area contributed by atoms with Crippen molar-refractivity contribution >= 4 is 21.5 Å². The molecule has 17 heavy (non-hydrogen) atoms. The van der Waals surface area contributed by atoms with Crippen LogP contribution in [0.3, 0.4) is 0 Å². The van der Waals surface area contributed by atoms with Gasteiger partial charge < -0.3 is 0 Å². The van der Waals surface area contributed by atoms with E-state index in [0.29, 0.717) is 5.92 Å². The maximum Gasteiger partial charge on any atom is -0.0110 e. The molecule has 3 aromatic carbocycles. The van der Waals surface area contributed by atoms with Gasteiger partial charge in [0.05, 0.1) is 0 Å². The van der Waals surface area contributed by atoms with Gasteiger partial charge in [-0.05, 0) is 51.1 Å². The first-order valence-corrected chi connectivity index (χ1v) is 6.28. The Bertz CT molecular complexity index is 737. The molecule has 0 aromatic heterocycles. The average Bonchev–Trinajstić information content (AvgIpc) is 2.70. The summed E-state index contributed by atoms with van der Waals surface area (Å²) in [5, 5.41) is 5.73. The van der Waals surface area contributed by atoms with Crippen LogP contribution in [0.15, 0.2) is 48.5 Å². The van der Waals surface area contributed by atoms with Crippen molar-refractivity contribution in [3.63, 3.8) is 0 Å². The number of fused-ring (bicyclic) bond motifs is 2. The molecule has 1 aliphatic rings. The fraction of sp³-hybridized carbons (Fsp3) is 0.176. The van der Waals surface area contributed by atoms with Gasteiger partial charge in [0.2, 0.25) is 0 Å². The summed E-state index contributed by atoms with van der Waals surface area (Å²) < 4.78 is 0. The summed E-state index contributed by atoms with van der Waals surface area (Å²) >= 11 is 0. The molecule has 0 bridgehead atoms. The van der Waals surface area contributed by atoms with Gasteiger partial charge in [-0.25, -0.2) is 0 Å². The second kappa shape index (κ2) is 3.10. The fourth-order valence-corrected chi connectivity index (χ4v) is 3.30. The fourth-order valence-electron chi connectivity index (χ4n) is 3.30. The molecule has 0 heteroatoms. The normalized spacial score (nSPS) is 18.1. The molecule has 0 aliphatic heterocycles. The molecule has 0 amide bonds. The van der Waals surface area contributed by atoms with Crippen LogP contribution in [-0.2, 0) is 6.42 Å². The summed E-state index contributed by atoms with van der Waals surface area (Å²) in [5.41, 5.74) is 3.09. The van der Waals surface area contributed by atoms with Gasteiger partial charge in [0, 0.05) is 0 Å². The van der Waals surface area contributed by atoms with Crippen LogP contribution in [-0.4, -0.2) is 0 Å². The first kappa shape index (κ1) is 9.23. The highest BCUT2D eigenvalue weighted by Crippen LogP contribution is 2.41. The highest BCUT2D eigenvalue weighted by atomic mass is 14.3. The van der Waals surface area contributed by atoms with Gasteiger partial charge in [-0.1, -0.05) is 49.4 Å². The molecule has 0 saturated heterocycles. The predicted molar refractivity (Wildman–Crippen MR) is 73.6 cm³/mol. The predicted octanol–water partition coefficient (Wildman–Crippen LogP) is 4.65. The minimum atomic E-state index is 0.666.